The summed E-state index contributed by atoms with van der Waals surface area (Å²) in [4.78, 5) is 18.1. The summed E-state index contributed by atoms with van der Waals surface area (Å²) in [5.41, 5.74) is 3.29. The van der Waals surface area contributed by atoms with Crippen LogP contribution in [0.2, 0.25) is 0 Å². The Hall–Kier alpha value is -3.60. The number of ether oxygens (including phenoxy) is 1. The lowest BCUT2D eigenvalue weighted by Gasteiger charge is -2.44. The van der Waals surface area contributed by atoms with Gasteiger partial charge in [-0.25, -0.2) is 9.79 Å². The van der Waals surface area contributed by atoms with Crippen molar-refractivity contribution in [2.24, 2.45) is 4.99 Å². The number of methoxy groups -OCH3 is 1. The molecule has 0 saturated carbocycles. The Morgan fingerprint density at radius 1 is 1.00 bits per heavy atom. The third-order valence-electron chi connectivity index (χ3n) is 4.87. The van der Waals surface area contributed by atoms with E-state index >= 15 is 0 Å². The van der Waals surface area contributed by atoms with Gasteiger partial charge in [0.15, 0.2) is 0 Å². The number of hydrogen-bond acceptors (Lipinski definition) is 3. The number of rotatable bonds is 5. The lowest BCUT2D eigenvalue weighted by Crippen LogP contribution is -2.46. The van der Waals surface area contributed by atoms with Gasteiger partial charge in [-0.3, -0.25) is 0 Å². The average Bonchev–Trinajstić information content (AvgIpc) is 2.72. The van der Waals surface area contributed by atoms with E-state index in [2.05, 4.69) is 4.90 Å². The second-order valence-corrected chi connectivity index (χ2v) is 6.58. The van der Waals surface area contributed by atoms with Crippen molar-refractivity contribution in [1.82, 2.24) is 0 Å². The molecule has 1 aliphatic heterocycles. The zero-order valence-electron chi connectivity index (χ0n) is 15.4. The van der Waals surface area contributed by atoms with E-state index in [1.54, 1.807) is 19.2 Å². The second-order valence-electron chi connectivity index (χ2n) is 6.58. The maximum Gasteiger partial charge on any atom is 0.335 e. The summed E-state index contributed by atoms with van der Waals surface area (Å²) in [6.07, 6.45) is 0.785. The highest BCUT2D eigenvalue weighted by molar-refractivity contribution is 6.06. The standard InChI is InChI=1S/C23H20N2O3/c1-28-20-13-11-19(12-14-20)25-21(16-7-9-17(10-8-16)23(26)27)15-22(25)24-18-5-3-2-4-6-18/h2-14,21H,15H2,1H3,(H,26,27)/b24-22+. The smallest absolute Gasteiger partial charge is 0.335 e. The summed E-state index contributed by atoms with van der Waals surface area (Å²) in [5, 5.41) is 9.13. The maximum atomic E-state index is 11.1. The van der Waals surface area contributed by atoms with Crippen LogP contribution < -0.4 is 9.64 Å². The average molecular weight is 372 g/mol. The minimum atomic E-state index is -0.918. The van der Waals surface area contributed by atoms with Gasteiger partial charge < -0.3 is 14.7 Å². The van der Waals surface area contributed by atoms with Gasteiger partial charge in [-0.15, -0.1) is 0 Å². The molecule has 0 amide bonds. The SMILES string of the molecule is COc1ccc(N2/C(=N/c3ccccc3)CC2c2ccc(C(=O)O)cc2)cc1. The number of nitrogens with zero attached hydrogens (tertiary/aromatic N) is 2. The molecule has 3 aromatic carbocycles. The molecule has 0 spiro atoms. The molecule has 3 aromatic rings. The van der Waals surface area contributed by atoms with Crippen molar-refractivity contribution >= 4 is 23.2 Å². The van der Waals surface area contributed by atoms with Gasteiger partial charge in [0, 0.05) is 12.1 Å². The van der Waals surface area contributed by atoms with Crippen LogP contribution in [0.1, 0.15) is 28.4 Å². The Balaban J connectivity index is 1.68. The number of aliphatic imine (C=N–C) groups is 1. The van der Waals surface area contributed by atoms with Crippen molar-refractivity contribution in [3.05, 3.63) is 90.0 Å². The number of amidine groups is 1. The first-order valence-electron chi connectivity index (χ1n) is 9.05. The lowest BCUT2D eigenvalue weighted by molar-refractivity contribution is 0.0697. The van der Waals surface area contributed by atoms with Crippen LogP contribution in [-0.2, 0) is 0 Å². The summed E-state index contributed by atoms with van der Waals surface area (Å²) < 4.78 is 5.27. The fraction of sp³-hybridized carbons (Fsp3) is 0.130. The van der Waals surface area contributed by atoms with Gasteiger partial charge in [0.25, 0.3) is 0 Å². The summed E-state index contributed by atoms with van der Waals surface area (Å²) >= 11 is 0. The Bertz CT molecular complexity index is 996. The Morgan fingerprint density at radius 2 is 1.68 bits per heavy atom. The quantitative estimate of drug-likeness (QED) is 0.679. The van der Waals surface area contributed by atoms with Crippen molar-refractivity contribution in [3.8, 4) is 5.75 Å². The van der Waals surface area contributed by atoms with Gasteiger partial charge in [-0.2, -0.15) is 0 Å². The number of carbonyl (C=O) groups is 1. The van der Waals surface area contributed by atoms with Gasteiger partial charge in [0.05, 0.1) is 24.4 Å². The molecule has 4 rings (SSSR count). The molecule has 1 N–H and O–H groups in total. The van der Waals surface area contributed by atoms with Crippen LogP contribution >= 0.6 is 0 Å². The van der Waals surface area contributed by atoms with E-state index in [1.807, 2.05) is 66.7 Å². The monoisotopic (exact) mass is 372 g/mol. The molecule has 1 heterocycles. The minimum absolute atomic E-state index is 0.110. The van der Waals surface area contributed by atoms with Crippen LogP contribution in [0, 0.1) is 0 Å². The summed E-state index contributed by atoms with van der Waals surface area (Å²) in [5.74, 6) is 0.857. The molecule has 0 radical (unpaired) electrons. The van der Waals surface area contributed by atoms with E-state index in [4.69, 9.17) is 14.8 Å². The molecule has 1 unspecified atom stereocenters. The van der Waals surface area contributed by atoms with Crippen LogP contribution in [0.4, 0.5) is 11.4 Å². The zero-order chi connectivity index (χ0) is 19.5. The van der Waals surface area contributed by atoms with Gasteiger partial charge in [-0.05, 0) is 54.1 Å². The van der Waals surface area contributed by atoms with Crippen LogP contribution in [-0.4, -0.2) is 24.0 Å². The molecule has 140 valence electrons. The Kier molecular flexibility index (Phi) is 4.81. The fourth-order valence-electron chi connectivity index (χ4n) is 3.37. The number of carboxylic acids is 1. The number of benzene rings is 3. The van der Waals surface area contributed by atoms with Crippen molar-refractivity contribution in [2.75, 3.05) is 12.0 Å². The van der Waals surface area contributed by atoms with Gasteiger partial charge in [0.2, 0.25) is 0 Å². The van der Waals surface area contributed by atoms with Crippen molar-refractivity contribution in [2.45, 2.75) is 12.5 Å². The summed E-state index contributed by atoms with van der Waals surface area (Å²) in [6.45, 7) is 0. The highest BCUT2D eigenvalue weighted by atomic mass is 16.5. The first-order valence-corrected chi connectivity index (χ1v) is 9.05. The predicted molar refractivity (Wildman–Crippen MR) is 110 cm³/mol. The first-order chi connectivity index (χ1) is 13.7. The Morgan fingerprint density at radius 3 is 2.29 bits per heavy atom. The number of anilines is 1. The van der Waals surface area contributed by atoms with Gasteiger partial charge in [-0.1, -0.05) is 30.3 Å². The lowest BCUT2D eigenvalue weighted by atomic mass is 9.91. The second kappa shape index (κ2) is 7.56. The largest absolute Gasteiger partial charge is 0.497 e. The van der Waals surface area contributed by atoms with Crippen LogP contribution in [0.3, 0.4) is 0 Å². The number of para-hydroxylation sites is 1. The highest BCUT2D eigenvalue weighted by Crippen LogP contribution is 2.41. The van der Waals surface area contributed by atoms with E-state index in [0.717, 1.165) is 34.9 Å². The van der Waals surface area contributed by atoms with Crippen LogP contribution in [0.5, 0.6) is 5.75 Å². The molecule has 0 bridgehead atoms. The third-order valence-corrected chi connectivity index (χ3v) is 4.87. The zero-order valence-corrected chi connectivity index (χ0v) is 15.4. The van der Waals surface area contributed by atoms with E-state index in [-0.39, 0.29) is 11.6 Å². The fourth-order valence-corrected chi connectivity index (χ4v) is 3.37. The highest BCUT2D eigenvalue weighted by Gasteiger charge is 2.36. The molecule has 5 heteroatoms. The maximum absolute atomic E-state index is 11.1. The number of hydrogen-bond donors (Lipinski definition) is 1. The molecule has 28 heavy (non-hydrogen) atoms. The van der Waals surface area contributed by atoms with E-state index < -0.39 is 5.97 Å². The molecular formula is C23H20N2O3. The van der Waals surface area contributed by atoms with Crippen LogP contribution in [0.25, 0.3) is 0 Å². The molecule has 1 saturated heterocycles. The van der Waals surface area contributed by atoms with Crippen molar-refractivity contribution in [3.63, 3.8) is 0 Å². The topological polar surface area (TPSA) is 62.1 Å². The minimum Gasteiger partial charge on any atom is -0.497 e. The van der Waals surface area contributed by atoms with E-state index in [1.165, 1.54) is 0 Å². The van der Waals surface area contributed by atoms with Crippen molar-refractivity contribution in [1.29, 1.82) is 0 Å². The van der Waals surface area contributed by atoms with Crippen molar-refractivity contribution < 1.29 is 14.6 Å². The molecule has 1 atom stereocenters. The van der Waals surface area contributed by atoms with Crippen LogP contribution in [0.15, 0.2) is 83.9 Å². The molecule has 5 nitrogen and oxygen atoms in total. The first kappa shape index (κ1) is 17.8. The Labute approximate surface area is 163 Å². The molecule has 0 aliphatic carbocycles. The third kappa shape index (κ3) is 3.47. The van der Waals surface area contributed by atoms with E-state index in [9.17, 15) is 4.79 Å². The number of aromatic carboxylic acids is 1. The van der Waals surface area contributed by atoms with Gasteiger partial charge >= 0.3 is 5.97 Å². The van der Waals surface area contributed by atoms with Gasteiger partial charge in [0.1, 0.15) is 11.6 Å². The predicted octanol–water partition coefficient (Wildman–Crippen LogP) is 5.08. The van der Waals surface area contributed by atoms with E-state index in [0.29, 0.717) is 0 Å². The summed E-state index contributed by atoms with van der Waals surface area (Å²) in [6, 6.07) is 24.9. The molecule has 1 aliphatic rings. The molecule has 1 fully saturated rings. The summed E-state index contributed by atoms with van der Waals surface area (Å²) in [7, 11) is 1.65. The molecular weight excluding hydrogens is 352 g/mol. The number of carboxylic acid groups (broad SMARTS) is 1. The normalized spacial score (nSPS) is 17.2. The molecule has 0 aromatic heterocycles.